The molecule has 2 aliphatic heterocycles. The van der Waals surface area contributed by atoms with Crippen LogP contribution in [0.2, 0.25) is 0 Å². The van der Waals surface area contributed by atoms with Crippen LogP contribution in [0, 0.1) is 0 Å². The first kappa shape index (κ1) is 12.4. The molecule has 0 aliphatic carbocycles. The molecular formula is C10H13NO5S. The Balaban J connectivity index is 1.99. The molecule has 2 aliphatic rings. The summed E-state index contributed by atoms with van der Waals surface area (Å²) in [6, 6.07) is 0. The van der Waals surface area contributed by atoms with Crippen molar-refractivity contribution in [3.8, 4) is 0 Å². The van der Waals surface area contributed by atoms with Crippen LogP contribution in [0.4, 0.5) is 0 Å². The van der Waals surface area contributed by atoms with Gasteiger partial charge >= 0.3 is 5.97 Å². The van der Waals surface area contributed by atoms with Gasteiger partial charge in [-0.1, -0.05) is 11.8 Å². The normalized spacial score (nSPS) is 22.8. The van der Waals surface area contributed by atoms with Crippen LogP contribution in [-0.4, -0.2) is 54.2 Å². The first-order valence-corrected chi connectivity index (χ1v) is 6.05. The summed E-state index contributed by atoms with van der Waals surface area (Å²) < 4.78 is 10.1. The summed E-state index contributed by atoms with van der Waals surface area (Å²) in [5.74, 6) is -1.20. The minimum atomic E-state index is -1.07. The smallest absolute Gasteiger partial charge is 0.353 e. The van der Waals surface area contributed by atoms with E-state index in [0.717, 1.165) is 0 Å². The fourth-order valence-electron chi connectivity index (χ4n) is 1.74. The Labute approximate surface area is 103 Å². The molecule has 0 bridgehead atoms. The van der Waals surface area contributed by atoms with Crippen molar-refractivity contribution < 1.29 is 24.2 Å². The quantitative estimate of drug-likeness (QED) is 0.544. The average Bonchev–Trinajstić information content (AvgIpc) is 2.57. The topological polar surface area (TPSA) is 76.1 Å². The van der Waals surface area contributed by atoms with Gasteiger partial charge in [0.2, 0.25) is 5.91 Å². The minimum Gasteiger partial charge on any atom is -0.477 e. The molecule has 2 rings (SSSR count). The van der Waals surface area contributed by atoms with Crippen LogP contribution in [0.1, 0.15) is 6.42 Å². The summed E-state index contributed by atoms with van der Waals surface area (Å²) in [6.07, 6.45) is 0.406. The highest BCUT2D eigenvalue weighted by Crippen LogP contribution is 2.45. The van der Waals surface area contributed by atoms with Gasteiger partial charge in [0.15, 0.2) is 0 Å². The average molecular weight is 259 g/mol. The monoisotopic (exact) mass is 259 g/mol. The van der Waals surface area contributed by atoms with Crippen molar-refractivity contribution in [2.45, 2.75) is 11.8 Å². The molecule has 17 heavy (non-hydrogen) atoms. The number of rotatable bonds is 6. The molecule has 1 amide bonds. The summed E-state index contributed by atoms with van der Waals surface area (Å²) in [7, 11) is 1.57. The Hall–Kier alpha value is -1.05. The summed E-state index contributed by atoms with van der Waals surface area (Å²) in [5, 5.41) is 9.03. The van der Waals surface area contributed by atoms with Gasteiger partial charge in [-0.2, -0.15) is 0 Å². The highest BCUT2D eigenvalue weighted by atomic mass is 32.2. The van der Waals surface area contributed by atoms with Gasteiger partial charge in [-0.05, 0) is 0 Å². The van der Waals surface area contributed by atoms with Gasteiger partial charge < -0.3 is 14.6 Å². The van der Waals surface area contributed by atoms with E-state index in [9.17, 15) is 9.59 Å². The summed E-state index contributed by atoms with van der Waals surface area (Å²) in [5.41, 5.74) is 0.0775. The molecule has 1 atom stereocenters. The van der Waals surface area contributed by atoms with Gasteiger partial charge in [0.25, 0.3) is 0 Å². The zero-order chi connectivity index (χ0) is 12.4. The molecule has 1 saturated heterocycles. The molecule has 0 aromatic carbocycles. The lowest BCUT2D eigenvalue weighted by Gasteiger charge is -2.33. The van der Waals surface area contributed by atoms with E-state index in [1.165, 1.54) is 16.7 Å². The van der Waals surface area contributed by atoms with Crippen LogP contribution in [0.3, 0.4) is 0 Å². The van der Waals surface area contributed by atoms with Crippen molar-refractivity contribution in [3.63, 3.8) is 0 Å². The maximum absolute atomic E-state index is 11.3. The van der Waals surface area contributed by atoms with Crippen LogP contribution in [-0.2, 0) is 19.1 Å². The summed E-state index contributed by atoms with van der Waals surface area (Å²) in [6.45, 7) is 1.09. The molecule has 6 nitrogen and oxygen atoms in total. The van der Waals surface area contributed by atoms with Crippen LogP contribution in [0.25, 0.3) is 0 Å². The third kappa shape index (κ3) is 2.31. The Morgan fingerprint density at radius 1 is 1.59 bits per heavy atom. The van der Waals surface area contributed by atoms with Gasteiger partial charge in [0, 0.05) is 12.0 Å². The number of β-lactam (4-membered cyclic amide) rings is 1. The fourth-order valence-corrected chi connectivity index (χ4v) is 3.07. The van der Waals surface area contributed by atoms with Gasteiger partial charge in [0.1, 0.15) is 5.70 Å². The molecule has 0 aromatic heterocycles. The molecule has 0 radical (unpaired) electrons. The molecule has 7 heteroatoms. The van der Waals surface area contributed by atoms with Gasteiger partial charge in [-0.3, -0.25) is 9.69 Å². The Bertz CT molecular complexity index is 381. The Kier molecular flexibility index (Phi) is 3.70. The second-order valence-electron chi connectivity index (χ2n) is 3.66. The number of nitrogens with zero attached hydrogens (tertiary/aromatic N) is 1. The van der Waals surface area contributed by atoms with Gasteiger partial charge in [-0.15, -0.1) is 0 Å². The number of amides is 1. The zero-order valence-corrected chi connectivity index (χ0v) is 10.2. The van der Waals surface area contributed by atoms with E-state index in [-0.39, 0.29) is 23.6 Å². The molecule has 0 spiro atoms. The second kappa shape index (κ2) is 5.07. The molecule has 1 fully saturated rings. The second-order valence-corrected chi connectivity index (χ2v) is 4.94. The van der Waals surface area contributed by atoms with Crippen molar-refractivity contribution in [1.82, 2.24) is 4.90 Å². The number of aliphatic carboxylic acids is 1. The molecule has 2 heterocycles. The van der Waals surface area contributed by atoms with Gasteiger partial charge in [-0.25, -0.2) is 4.79 Å². The highest BCUT2D eigenvalue weighted by Gasteiger charge is 2.48. The summed E-state index contributed by atoms with van der Waals surface area (Å²) in [4.78, 5) is 24.3. The number of ether oxygens (including phenoxy) is 2. The number of carboxylic acids is 1. The standard InChI is InChI=1S/C10H13NO5S/c1-15-2-3-16-5-6-9(10(13)14)11-7(12)4-8(11)17-6/h8H,2-5H2,1H3,(H,13,14)/t8-/m1/s1. The van der Waals surface area contributed by atoms with E-state index in [4.69, 9.17) is 14.6 Å². The van der Waals surface area contributed by atoms with Crippen molar-refractivity contribution in [2.24, 2.45) is 0 Å². The molecular weight excluding hydrogens is 246 g/mol. The van der Waals surface area contributed by atoms with Gasteiger partial charge in [0.05, 0.1) is 31.6 Å². The van der Waals surface area contributed by atoms with E-state index >= 15 is 0 Å². The van der Waals surface area contributed by atoms with Crippen molar-refractivity contribution >= 4 is 23.6 Å². The molecule has 0 aromatic rings. The van der Waals surface area contributed by atoms with Crippen LogP contribution in [0.5, 0.6) is 0 Å². The van der Waals surface area contributed by atoms with Crippen molar-refractivity contribution in [1.29, 1.82) is 0 Å². The predicted molar refractivity (Wildman–Crippen MR) is 60.2 cm³/mol. The van der Waals surface area contributed by atoms with Crippen LogP contribution >= 0.6 is 11.8 Å². The zero-order valence-electron chi connectivity index (χ0n) is 9.34. The lowest BCUT2D eigenvalue weighted by Crippen LogP contribution is -2.48. The van der Waals surface area contributed by atoms with E-state index < -0.39 is 5.97 Å². The molecule has 1 N–H and O–H groups in total. The maximum Gasteiger partial charge on any atom is 0.353 e. The SMILES string of the molecule is COCCOCC1=C(C(=O)O)N2C(=O)C[C@H]2S1. The first-order chi connectivity index (χ1) is 8.15. The number of carboxylic acid groups (broad SMARTS) is 1. The number of carbonyl (C=O) groups excluding carboxylic acids is 1. The highest BCUT2D eigenvalue weighted by molar-refractivity contribution is 8.04. The van der Waals surface area contributed by atoms with Crippen LogP contribution < -0.4 is 0 Å². The third-order valence-corrected chi connectivity index (χ3v) is 3.80. The van der Waals surface area contributed by atoms with Crippen LogP contribution in [0.15, 0.2) is 10.6 Å². The third-order valence-electron chi connectivity index (χ3n) is 2.56. The molecule has 94 valence electrons. The Morgan fingerprint density at radius 2 is 2.35 bits per heavy atom. The molecule has 0 unspecified atom stereocenters. The number of carbonyl (C=O) groups is 2. The van der Waals surface area contributed by atoms with E-state index in [0.29, 0.717) is 24.5 Å². The number of hydrogen-bond acceptors (Lipinski definition) is 5. The largest absolute Gasteiger partial charge is 0.477 e. The van der Waals surface area contributed by atoms with Crippen molar-refractivity contribution in [3.05, 3.63) is 10.6 Å². The summed E-state index contributed by atoms with van der Waals surface area (Å²) >= 11 is 1.40. The lowest BCUT2D eigenvalue weighted by atomic mass is 10.1. The first-order valence-electron chi connectivity index (χ1n) is 5.17. The predicted octanol–water partition coefficient (Wildman–Crippen LogP) is 0.251. The number of thioether (sulfide) groups is 1. The lowest BCUT2D eigenvalue weighted by molar-refractivity contribution is -0.145. The fraction of sp³-hybridized carbons (Fsp3) is 0.600. The van der Waals surface area contributed by atoms with E-state index in [1.807, 2.05) is 0 Å². The Morgan fingerprint density at radius 3 is 2.94 bits per heavy atom. The maximum atomic E-state index is 11.3. The number of hydrogen-bond donors (Lipinski definition) is 1. The van der Waals surface area contributed by atoms with Crippen molar-refractivity contribution in [2.75, 3.05) is 26.9 Å². The molecule has 0 saturated carbocycles. The number of methoxy groups -OCH3 is 1. The minimum absolute atomic E-state index is 0.0466. The van der Waals surface area contributed by atoms with E-state index in [2.05, 4.69) is 0 Å². The van der Waals surface area contributed by atoms with E-state index in [1.54, 1.807) is 7.11 Å². The number of fused-ring (bicyclic) bond motifs is 1.